The Morgan fingerprint density at radius 3 is 2.48 bits per heavy atom. The van der Waals surface area contributed by atoms with Gasteiger partial charge in [-0.2, -0.15) is 0 Å². The van der Waals surface area contributed by atoms with Gasteiger partial charge in [-0.25, -0.2) is 0 Å². The van der Waals surface area contributed by atoms with Crippen molar-refractivity contribution in [3.63, 3.8) is 0 Å². The zero-order valence-corrected chi connectivity index (χ0v) is 14.4. The zero-order valence-electron chi connectivity index (χ0n) is 12.8. The van der Waals surface area contributed by atoms with Crippen LogP contribution >= 0.6 is 15.9 Å². The molecule has 0 radical (unpaired) electrons. The maximum absolute atomic E-state index is 5.54. The Morgan fingerprint density at radius 2 is 1.86 bits per heavy atom. The first-order valence-corrected chi connectivity index (χ1v) is 8.05. The molecular weight excluding hydrogens is 326 g/mol. The van der Waals surface area contributed by atoms with Gasteiger partial charge in [0.05, 0.1) is 7.11 Å². The molecule has 3 heteroatoms. The third kappa shape index (κ3) is 4.32. The Balaban J connectivity index is 2.30. The number of hydrogen-bond acceptors (Lipinski definition) is 2. The summed E-state index contributed by atoms with van der Waals surface area (Å²) in [6, 6.07) is 15.1. The van der Waals surface area contributed by atoms with E-state index in [0.717, 1.165) is 23.2 Å². The van der Waals surface area contributed by atoms with E-state index < -0.39 is 0 Å². The first-order chi connectivity index (χ1) is 10.1. The second-order valence-corrected chi connectivity index (χ2v) is 6.10. The van der Waals surface area contributed by atoms with Crippen LogP contribution < -0.4 is 10.1 Å². The molecule has 1 N–H and O–H groups in total. The molecule has 2 aromatic carbocycles. The lowest BCUT2D eigenvalue weighted by Crippen LogP contribution is -2.23. The van der Waals surface area contributed by atoms with Crippen LogP contribution in [0.5, 0.6) is 5.75 Å². The monoisotopic (exact) mass is 347 g/mol. The number of likely N-dealkylation sites (N-methyl/N-ethyl adjacent to an activating group) is 1. The van der Waals surface area contributed by atoms with E-state index in [1.165, 1.54) is 16.7 Å². The number of hydrogen-bond donors (Lipinski definition) is 1. The summed E-state index contributed by atoms with van der Waals surface area (Å²) in [5, 5.41) is 3.57. The number of ether oxygens (including phenoxy) is 1. The fourth-order valence-electron chi connectivity index (χ4n) is 2.52. The maximum Gasteiger partial charge on any atom is 0.123 e. The summed E-state index contributed by atoms with van der Waals surface area (Å²) in [6.07, 6.45) is 0.945. The van der Waals surface area contributed by atoms with Crippen LogP contribution in [-0.2, 0) is 6.42 Å². The molecule has 0 spiro atoms. The lowest BCUT2D eigenvalue weighted by atomic mass is 9.96. The highest BCUT2D eigenvalue weighted by molar-refractivity contribution is 9.10. The second-order valence-electron chi connectivity index (χ2n) is 5.19. The summed E-state index contributed by atoms with van der Waals surface area (Å²) in [7, 11) is 1.73. The van der Waals surface area contributed by atoms with Crippen LogP contribution in [0.3, 0.4) is 0 Å². The topological polar surface area (TPSA) is 21.3 Å². The van der Waals surface area contributed by atoms with Gasteiger partial charge in [0.2, 0.25) is 0 Å². The number of benzene rings is 2. The van der Waals surface area contributed by atoms with Gasteiger partial charge in [-0.3, -0.25) is 0 Å². The average Bonchev–Trinajstić information content (AvgIpc) is 2.49. The molecule has 21 heavy (non-hydrogen) atoms. The SMILES string of the molecule is CCNC(Cc1ccc(Br)cc1)c1cc(C)ccc1OC. The van der Waals surface area contributed by atoms with Crippen LogP contribution in [0.1, 0.15) is 29.7 Å². The van der Waals surface area contributed by atoms with Gasteiger partial charge in [0.15, 0.2) is 0 Å². The Morgan fingerprint density at radius 1 is 1.14 bits per heavy atom. The summed E-state index contributed by atoms with van der Waals surface area (Å²) in [4.78, 5) is 0. The van der Waals surface area contributed by atoms with Crippen molar-refractivity contribution in [2.75, 3.05) is 13.7 Å². The fraction of sp³-hybridized carbons (Fsp3) is 0.333. The van der Waals surface area contributed by atoms with Crippen LogP contribution in [0.2, 0.25) is 0 Å². The molecule has 1 unspecified atom stereocenters. The molecule has 0 saturated heterocycles. The number of aryl methyl sites for hydroxylation is 1. The van der Waals surface area contributed by atoms with E-state index in [-0.39, 0.29) is 6.04 Å². The van der Waals surface area contributed by atoms with Crippen LogP contribution in [0.25, 0.3) is 0 Å². The predicted molar refractivity (Wildman–Crippen MR) is 92.0 cm³/mol. The van der Waals surface area contributed by atoms with Gasteiger partial charge in [-0.1, -0.05) is 52.7 Å². The summed E-state index contributed by atoms with van der Waals surface area (Å²) in [5.41, 5.74) is 3.79. The second kappa shape index (κ2) is 7.62. The van der Waals surface area contributed by atoms with Crippen molar-refractivity contribution in [3.8, 4) is 5.75 Å². The van der Waals surface area contributed by atoms with Crippen molar-refractivity contribution < 1.29 is 4.74 Å². The highest BCUT2D eigenvalue weighted by Gasteiger charge is 2.16. The molecule has 2 nitrogen and oxygen atoms in total. The Hall–Kier alpha value is -1.32. The van der Waals surface area contributed by atoms with Crippen molar-refractivity contribution in [3.05, 3.63) is 63.6 Å². The number of halogens is 1. The molecule has 0 aromatic heterocycles. The molecule has 0 amide bonds. The quantitative estimate of drug-likeness (QED) is 0.820. The molecule has 0 bridgehead atoms. The van der Waals surface area contributed by atoms with E-state index in [2.05, 4.69) is 77.6 Å². The molecule has 0 fully saturated rings. The molecule has 112 valence electrons. The van der Waals surface area contributed by atoms with Crippen molar-refractivity contribution in [2.24, 2.45) is 0 Å². The first-order valence-electron chi connectivity index (χ1n) is 7.26. The molecule has 2 rings (SSSR count). The smallest absolute Gasteiger partial charge is 0.123 e. The highest BCUT2D eigenvalue weighted by atomic mass is 79.9. The minimum Gasteiger partial charge on any atom is -0.496 e. The van der Waals surface area contributed by atoms with Crippen LogP contribution in [0, 0.1) is 6.92 Å². The summed E-state index contributed by atoms with van der Waals surface area (Å²) < 4.78 is 6.65. The average molecular weight is 348 g/mol. The maximum atomic E-state index is 5.54. The van der Waals surface area contributed by atoms with Crippen molar-refractivity contribution in [1.82, 2.24) is 5.32 Å². The van der Waals surface area contributed by atoms with Gasteiger partial charge in [0.25, 0.3) is 0 Å². The lowest BCUT2D eigenvalue weighted by Gasteiger charge is -2.21. The lowest BCUT2D eigenvalue weighted by molar-refractivity contribution is 0.399. The Kier molecular flexibility index (Phi) is 5.83. The van der Waals surface area contributed by atoms with Crippen LogP contribution in [0.15, 0.2) is 46.9 Å². The highest BCUT2D eigenvalue weighted by Crippen LogP contribution is 2.29. The van der Waals surface area contributed by atoms with Crippen molar-refractivity contribution in [1.29, 1.82) is 0 Å². The molecule has 0 aliphatic rings. The summed E-state index contributed by atoms with van der Waals surface area (Å²) >= 11 is 3.48. The molecule has 1 atom stereocenters. The van der Waals surface area contributed by atoms with Gasteiger partial charge in [0.1, 0.15) is 5.75 Å². The number of methoxy groups -OCH3 is 1. The normalized spacial score (nSPS) is 12.2. The van der Waals surface area contributed by atoms with E-state index in [1.54, 1.807) is 7.11 Å². The van der Waals surface area contributed by atoms with E-state index >= 15 is 0 Å². The van der Waals surface area contributed by atoms with E-state index in [9.17, 15) is 0 Å². The van der Waals surface area contributed by atoms with Crippen LogP contribution in [0.4, 0.5) is 0 Å². The minimum atomic E-state index is 0.256. The Labute approximate surface area is 135 Å². The third-order valence-corrected chi connectivity index (χ3v) is 4.09. The summed E-state index contributed by atoms with van der Waals surface area (Å²) in [6.45, 7) is 5.18. The molecule has 0 heterocycles. The number of rotatable bonds is 6. The van der Waals surface area contributed by atoms with Gasteiger partial charge in [-0.05, 0) is 43.7 Å². The Bertz CT molecular complexity index is 580. The van der Waals surface area contributed by atoms with E-state index in [1.807, 2.05) is 0 Å². The molecule has 2 aromatic rings. The van der Waals surface area contributed by atoms with Crippen molar-refractivity contribution >= 4 is 15.9 Å². The summed E-state index contributed by atoms with van der Waals surface area (Å²) in [5.74, 6) is 0.948. The van der Waals surface area contributed by atoms with Gasteiger partial charge >= 0.3 is 0 Å². The van der Waals surface area contributed by atoms with E-state index in [0.29, 0.717) is 0 Å². The van der Waals surface area contributed by atoms with Gasteiger partial charge in [0, 0.05) is 16.1 Å². The minimum absolute atomic E-state index is 0.256. The van der Waals surface area contributed by atoms with Gasteiger partial charge < -0.3 is 10.1 Å². The van der Waals surface area contributed by atoms with Crippen LogP contribution in [-0.4, -0.2) is 13.7 Å². The fourth-order valence-corrected chi connectivity index (χ4v) is 2.79. The van der Waals surface area contributed by atoms with Gasteiger partial charge in [-0.15, -0.1) is 0 Å². The largest absolute Gasteiger partial charge is 0.496 e. The van der Waals surface area contributed by atoms with Crippen molar-refractivity contribution in [2.45, 2.75) is 26.3 Å². The van der Waals surface area contributed by atoms with E-state index in [4.69, 9.17) is 4.74 Å². The number of nitrogens with one attached hydrogen (secondary N) is 1. The molecule has 0 aliphatic heterocycles. The first kappa shape index (κ1) is 16.1. The molecule has 0 saturated carbocycles. The third-order valence-electron chi connectivity index (χ3n) is 3.56. The molecular formula is C18H22BrNO. The molecule has 0 aliphatic carbocycles. The standard InChI is InChI=1S/C18H22BrNO/c1-4-20-17(12-14-6-8-15(19)9-7-14)16-11-13(2)5-10-18(16)21-3/h5-11,17,20H,4,12H2,1-3H3. The predicted octanol–water partition coefficient (Wildman–Crippen LogP) is 4.66. The zero-order chi connectivity index (χ0) is 15.2.